The van der Waals surface area contributed by atoms with Gasteiger partial charge < -0.3 is 14.8 Å². The van der Waals surface area contributed by atoms with Crippen LogP contribution in [0.4, 0.5) is 11.4 Å². The number of carbonyl (C=O) groups is 1. The van der Waals surface area contributed by atoms with Crippen molar-refractivity contribution in [2.75, 3.05) is 19.0 Å². The van der Waals surface area contributed by atoms with Gasteiger partial charge in [0.25, 0.3) is 5.91 Å². The van der Waals surface area contributed by atoms with Crippen LogP contribution in [-0.4, -0.2) is 24.5 Å². The molecule has 1 amide bonds. The molecule has 0 aliphatic rings. The van der Waals surface area contributed by atoms with Crippen LogP contribution in [0, 0.1) is 17.0 Å². The van der Waals surface area contributed by atoms with Crippen LogP contribution >= 0.6 is 0 Å². The second-order valence-electron chi connectivity index (χ2n) is 6.12. The molecule has 1 N–H and O–H groups in total. The summed E-state index contributed by atoms with van der Waals surface area (Å²) in [7, 11) is 1.34. The zero-order chi connectivity index (χ0) is 19.3. The number of nitro benzene ring substituents is 1. The Morgan fingerprint density at radius 2 is 2.00 bits per heavy atom. The number of ether oxygens (including phenoxy) is 2. The van der Waals surface area contributed by atoms with Crippen molar-refractivity contribution in [1.29, 1.82) is 0 Å². The van der Waals surface area contributed by atoms with Gasteiger partial charge in [0.2, 0.25) is 5.75 Å². The summed E-state index contributed by atoms with van der Waals surface area (Å²) in [4.78, 5) is 22.6. The van der Waals surface area contributed by atoms with Crippen LogP contribution in [0.15, 0.2) is 36.4 Å². The number of benzene rings is 2. The van der Waals surface area contributed by atoms with Crippen molar-refractivity contribution in [2.24, 2.45) is 0 Å². The highest BCUT2D eigenvalue weighted by Gasteiger charge is 2.16. The van der Waals surface area contributed by atoms with E-state index in [1.807, 2.05) is 25.1 Å². The number of hydrogen-bond acceptors (Lipinski definition) is 5. The number of nitrogens with zero attached hydrogens (tertiary/aromatic N) is 1. The van der Waals surface area contributed by atoms with Gasteiger partial charge in [0, 0.05) is 17.8 Å². The third-order valence-electron chi connectivity index (χ3n) is 3.91. The molecule has 0 unspecified atom stereocenters. The third-order valence-corrected chi connectivity index (χ3v) is 3.91. The highest BCUT2D eigenvalue weighted by atomic mass is 16.6. The van der Waals surface area contributed by atoms with E-state index in [2.05, 4.69) is 19.2 Å². The monoisotopic (exact) mass is 358 g/mol. The van der Waals surface area contributed by atoms with Gasteiger partial charge >= 0.3 is 5.69 Å². The normalized spacial score (nSPS) is 10.5. The van der Waals surface area contributed by atoms with E-state index in [4.69, 9.17) is 9.47 Å². The highest BCUT2D eigenvalue weighted by molar-refractivity contribution is 5.93. The van der Waals surface area contributed by atoms with Gasteiger partial charge in [0.1, 0.15) is 5.75 Å². The molecule has 0 saturated heterocycles. The van der Waals surface area contributed by atoms with E-state index >= 15 is 0 Å². The molecule has 0 aliphatic heterocycles. The molecule has 0 atom stereocenters. The number of amides is 1. The highest BCUT2D eigenvalue weighted by Crippen LogP contribution is 2.31. The van der Waals surface area contributed by atoms with E-state index < -0.39 is 4.92 Å². The average molecular weight is 358 g/mol. The number of rotatable bonds is 7. The van der Waals surface area contributed by atoms with Crippen molar-refractivity contribution in [1.82, 2.24) is 0 Å². The lowest BCUT2D eigenvalue weighted by molar-refractivity contribution is -0.385. The Labute approximate surface area is 152 Å². The number of carbonyl (C=O) groups excluding carboxylic acids is 1. The summed E-state index contributed by atoms with van der Waals surface area (Å²) < 4.78 is 10.4. The van der Waals surface area contributed by atoms with E-state index in [0.717, 1.165) is 16.8 Å². The first kappa shape index (κ1) is 19.2. The van der Waals surface area contributed by atoms with Crippen LogP contribution in [0.25, 0.3) is 0 Å². The van der Waals surface area contributed by atoms with Gasteiger partial charge in [-0.3, -0.25) is 14.9 Å². The maximum atomic E-state index is 12.3. The molecule has 0 aromatic heterocycles. The summed E-state index contributed by atoms with van der Waals surface area (Å²) in [5, 5.41) is 13.8. The molecular formula is C19H22N2O5. The van der Waals surface area contributed by atoms with Gasteiger partial charge in [-0.15, -0.1) is 0 Å². The van der Waals surface area contributed by atoms with Gasteiger partial charge in [0.05, 0.1) is 12.0 Å². The minimum absolute atomic E-state index is 0.0777. The topological polar surface area (TPSA) is 90.7 Å². The molecule has 2 aromatic carbocycles. The lowest BCUT2D eigenvalue weighted by atomic mass is 9.98. The minimum atomic E-state index is -0.541. The van der Waals surface area contributed by atoms with Crippen molar-refractivity contribution in [3.05, 3.63) is 57.6 Å². The fraction of sp³-hybridized carbons (Fsp3) is 0.316. The smallest absolute Gasteiger partial charge is 0.311 e. The lowest BCUT2D eigenvalue weighted by Crippen LogP contribution is -2.21. The first-order chi connectivity index (χ1) is 12.3. The Hall–Kier alpha value is -3.09. The quantitative estimate of drug-likeness (QED) is 0.595. The van der Waals surface area contributed by atoms with Crippen molar-refractivity contribution in [3.8, 4) is 11.5 Å². The zero-order valence-corrected chi connectivity index (χ0v) is 15.2. The molecule has 7 heteroatoms. The summed E-state index contributed by atoms with van der Waals surface area (Å²) in [6.07, 6.45) is 0. The molecule has 0 spiro atoms. The number of anilines is 1. The van der Waals surface area contributed by atoms with Crippen molar-refractivity contribution >= 4 is 17.3 Å². The van der Waals surface area contributed by atoms with Crippen molar-refractivity contribution in [3.63, 3.8) is 0 Å². The summed E-state index contributed by atoms with van der Waals surface area (Å²) in [6.45, 7) is 5.84. The van der Waals surface area contributed by atoms with Crippen LogP contribution in [0.1, 0.15) is 30.9 Å². The molecule has 0 heterocycles. The molecule has 2 rings (SSSR count). The first-order valence-corrected chi connectivity index (χ1v) is 8.18. The maximum absolute atomic E-state index is 12.3. The van der Waals surface area contributed by atoms with E-state index in [9.17, 15) is 14.9 Å². The van der Waals surface area contributed by atoms with Gasteiger partial charge in [-0.25, -0.2) is 0 Å². The second kappa shape index (κ2) is 8.33. The fourth-order valence-electron chi connectivity index (χ4n) is 2.57. The fourth-order valence-corrected chi connectivity index (χ4v) is 2.57. The first-order valence-electron chi connectivity index (χ1n) is 8.18. The average Bonchev–Trinajstić information content (AvgIpc) is 2.61. The minimum Gasteiger partial charge on any atom is -0.490 e. The van der Waals surface area contributed by atoms with Crippen LogP contribution < -0.4 is 14.8 Å². The molecule has 7 nitrogen and oxygen atoms in total. The SMILES string of the molecule is COc1cc(OCC(=O)Nc2c(C)cccc2C(C)C)ccc1[N+](=O)[O-]. The Kier molecular flexibility index (Phi) is 6.16. The van der Waals surface area contributed by atoms with E-state index in [1.54, 1.807) is 0 Å². The van der Waals surface area contributed by atoms with Crippen LogP contribution in [0.3, 0.4) is 0 Å². The molecule has 26 heavy (non-hydrogen) atoms. The number of aryl methyl sites for hydroxylation is 1. The third kappa shape index (κ3) is 4.50. The molecule has 0 fully saturated rings. The molecule has 138 valence electrons. The van der Waals surface area contributed by atoms with Gasteiger partial charge in [-0.2, -0.15) is 0 Å². The van der Waals surface area contributed by atoms with E-state index in [0.29, 0.717) is 5.75 Å². The molecule has 0 aliphatic carbocycles. The molecular weight excluding hydrogens is 336 g/mol. The predicted octanol–water partition coefficient (Wildman–Crippen LogP) is 4.05. The Bertz CT molecular complexity index is 818. The number of nitrogens with one attached hydrogen (secondary N) is 1. The molecule has 2 aromatic rings. The number of para-hydroxylation sites is 1. The van der Waals surface area contributed by atoms with Crippen molar-refractivity contribution in [2.45, 2.75) is 26.7 Å². The molecule has 0 saturated carbocycles. The van der Waals surface area contributed by atoms with Gasteiger partial charge in [-0.1, -0.05) is 32.0 Å². The predicted molar refractivity (Wildman–Crippen MR) is 99.0 cm³/mol. The van der Waals surface area contributed by atoms with Gasteiger partial charge in [-0.05, 0) is 30.0 Å². The Morgan fingerprint density at radius 3 is 2.62 bits per heavy atom. The number of nitro groups is 1. The largest absolute Gasteiger partial charge is 0.490 e. The standard InChI is InChI=1S/C19H22N2O5/c1-12(2)15-7-5-6-13(3)19(15)20-18(22)11-26-14-8-9-16(21(23)24)17(10-14)25-4/h5-10,12H,11H2,1-4H3,(H,20,22). The summed E-state index contributed by atoms with van der Waals surface area (Å²) in [6, 6.07) is 9.98. The van der Waals surface area contributed by atoms with Crippen LogP contribution in [-0.2, 0) is 4.79 Å². The molecule has 0 radical (unpaired) electrons. The Balaban J connectivity index is 2.07. The zero-order valence-electron chi connectivity index (χ0n) is 15.2. The lowest BCUT2D eigenvalue weighted by Gasteiger charge is -2.16. The van der Waals surface area contributed by atoms with Crippen molar-refractivity contribution < 1.29 is 19.2 Å². The summed E-state index contributed by atoms with van der Waals surface area (Å²) in [5.74, 6) is 0.356. The van der Waals surface area contributed by atoms with Crippen LogP contribution in [0.5, 0.6) is 11.5 Å². The van der Waals surface area contributed by atoms with Crippen LogP contribution in [0.2, 0.25) is 0 Å². The van der Waals surface area contributed by atoms with E-state index in [-0.39, 0.29) is 29.9 Å². The number of methoxy groups -OCH3 is 1. The summed E-state index contributed by atoms with van der Waals surface area (Å²) in [5.41, 5.74) is 2.65. The maximum Gasteiger partial charge on any atom is 0.311 e. The molecule has 0 bridgehead atoms. The second-order valence-corrected chi connectivity index (χ2v) is 6.12. The van der Waals surface area contributed by atoms with Gasteiger partial charge in [0.15, 0.2) is 6.61 Å². The van der Waals surface area contributed by atoms with E-state index in [1.165, 1.54) is 25.3 Å². The Morgan fingerprint density at radius 1 is 1.27 bits per heavy atom. The number of hydrogen-bond donors (Lipinski definition) is 1. The summed E-state index contributed by atoms with van der Waals surface area (Å²) >= 11 is 0.